The fourth-order valence-electron chi connectivity index (χ4n) is 3.47. The van der Waals surface area contributed by atoms with Gasteiger partial charge in [-0.25, -0.2) is 9.48 Å². The number of para-hydroxylation sites is 1. The Bertz CT molecular complexity index is 923. The van der Waals surface area contributed by atoms with E-state index in [0.717, 1.165) is 22.4 Å². The van der Waals surface area contributed by atoms with Gasteiger partial charge in [0.15, 0.2) is 0 Å². The lowest BCUT2D eigenvalue weighted by atomic mass is 10.1. The lowest BCUT2D eigenvalue weighted by Crippen LogP contribution is -2.41. The van der Waals surface area contributed by atoms with Crippen LogP contribution in [0.5, 0.6) is 0 Å². The zero-order chi connectivity index (χ0) is 18.6. The summed E-state index contributed by atoms with van der Waals surface area (Å²) in [6, 6.07) is 17.1. The maximum absolute atomic E-state index is 12.2. The third kappa shape index (κ3) is 3.85. The van der Waals surface area contributed by atoms with Crippen molar-refractivity contribution in [1.29, 1.82) is 0 Å². The van der Waals surface area contributed by atoms with Crippen molar-refractivity contribution in [1.82, 2.24) is 20.4 Å². The van der Waals surface area contributed by atoms with E-state index in [9.17, 15) is 9.90 Å². The molecule has 1 heterocycles. The number of benzene rings is 2. The predicted octanol–water partition coefficient (Wildman–Crippen LogP) is 2.37. The first kappa shape index (κ1) is 17.3. The number of hydrogen-bond donors (Lipinski definition) is 3. The molecule has 0 bridgehead atoms. The van der Waals surface area contributed by atoms with Crippen LogP contribution in [-0.2, 0) is 12.8 Å². The van der Waals surface area contributed by atoms with Crippen LogP contribution in [0.3, 0.4) is 0 Å². The number of aromatic nitrogens is 2. The van der Waals surface area contributed by atoms with Crippen LogP contribution in [0.1, 0.15) is 22.7 Å². The molecular weight excluding hydrogens is 340 g/mol. The molecule has 27 heavy (non-hydrogen) atoms. The Morgan fingerprint density at radius 3 is 2.78 bits per heavy atom. The second-order valence-corrected chi connectivity index (χ2v) is 6.73. The molecule has 0 aliphatic heterocycles. The molecule has 0 unspecified atom stereocenters. The minimum Gasteiger partial charge on any atom is -0.390 e. The van der Waals surface area contributed by atoms with Crippen LogP contribution in [0.25, 0.3) is 5.69 Å². The molecule has 1 aliphatic rings. The molecule has 1 aliphatic carbocycles. The first-order chi connectivity index (χ1) is 13.2. The summed E-state index contributed by atoms with van der Waals surface area (Å²) < 4.78 is 1.82. The molecule has 0 saturated carbocycles. The van der Waals surface area contributed by atoms with Gasteiger partial charge in [0.25, 0.3) is 0 Å². The van der Waals surface area contributed by atoms with Crippen molar-refractivity contribution in [2.45, 2.75) is 25.0 Å². The fourth-order valence-corrected chi connectivity index (χ4v) is 3.47. The number of carbonyl (C=O) groups excluding carboxylic acids is 1. The standard InChI is InChI=1S/C21H22N4O2/c26-19-12-16-6-4-5-9-18(16)20(19)24-21(27)22-11-10-15-13-23-25(14-15)17-7-2-1-3-8-17/h1-9,13-14,19-20,26H,10-12H2,(H2,22,24,27)/t19-,20+/m1/s1. The van der Waals surface area contributed by atoms with Gasteiger partial charge in [-0.15, -0.1) is 0 Å². The second-order valence-electron chi connectivity index (χ2n) is 6.73. The van der Waals surface area contributed by atoms with E-state index in [0.29, 0.717) is 19.4 Å². The Morgan fingerprint density at radius 2 is 1.93 bits per heavy atom. The van der Waals surface area contributed by atoms with E-state index < -0.39 is 6.10 Å². The van der Waals surface area contributed by atoms with Crippen molar-refractivity contribution in [2.24, 2.45) is 0 Å². The minimum absolute atomic E-state index is 0.272. The van der Waals surface area contributed by atoms with E-state index >= 15 is 0 Å². The quantitative estimate of drug-likeness (QED) is 0.652. The topological polar surface area (TPSA) is 79.2 Å². The maximum Gasteiger partial charge on any atom is 0.315 e. The highest BCUT2D eigenvalue weighted by atomic mass is 16.3. The number of hydrogen-bond acceptors (Lipinski definition) is 3. The number of aliphatic hydroxyl groups excluding tert-OH is 1. The van der Waals surface area contributed by atoms with E-state index in [2.05, 4.69) is 15.7 Å². The molecule has 2 aromatic carbocycles. The number of rotatable bonds is 5. The van der Waals surface area contributed by atoms with E-state index in [-0.39, 0.29) is 12.1 Å². The van der Waals surface area contributed by atoms with Gasteiger partial charge in [0.1, 0.15) is 0 Å². The highest BCUT2D eigenvalue weighted by Gasteiger charge is 2.31. The van der Waals surface area contributed by atoms with Crippen LogP contribution in [0.15, 0.2) is 67.0 Å². The molecule has 0 saturated heterocycles. The SMILES string of the molecule is O=C(NCCc1cnn(-c2ccccc2)c1)N[C@H]1c2ccccc2C[C@H]1O. The molecule has 2 atom stereocenters. The molecule has 0 radical (unpaired) electrons. The number of urea groups is 1. The van der Waals surface area contributed by atoms with E-state index in [1.807, 2.05) is 71.7 Å². The summed E-state index contributed by atoms with van der Waals surface area (Å²) in [6.07, 6.45) is 4.44. The summed E-state index contributed by atoms with van der Waals surface area (Å²) in [7, 11) is 0. The van der Waals surface area contributed by atoms with Gasteiger partial charge in [0.2, 0.25) is 0 Å². The molecule has 0 fully saturated rings. The Hall–Kier alpha value is -3.12. The van der Waals surface area contributed by atoms with Gasteiger partial charge >= 0.3 is 6.03 Å². The average molecular weight is 362 g/mol. The largest absolute Gasteiger partial charge is 0.390 e. The minimum atomic E-state index is -0.586. The Balaban J connectivity index is 1.29. The first-order valence-electron chi connectivity index (χ1n) is 9.10. The number of nitrogens with zero attached hydrogens (tertiary/aromatic N) is 2. The second kappa shape index (κ2) is 7.63. The molecule has 6 nitrogen and oxygen atoms in total. The van der Waals surface area contributed by atoms with Crippen LogP contribution in [0, 0.1) is 0 Å². The van der Waals surface area contributed by atoms with Crippen LogP contribution >= 0.6 is 0 Å². The monoisotopic (exact) mass is 362 g/mol. The highest BCUT2D eigenvalue weighted by Crippen LogP contribution is 2.30. The maximum atomic E-state index is 12.2. The number of amides is 2. The first-order valence-corrected chi connectivity index (χ1v) is 9.10. The van der Waals surface area contributed by atoms with E-state index in [1.54, 1.807) is 0 Å². The Morgan fingerprint density at radius 1 is 1.15 bits per heavy atom. The zero-order valence-corrected chi connectivity index (χ0v) is 14.9. The van der Waals surface area contributed by atoms with Crippen LogP contribution in [-0.4, -0.2) is 33.6 Å². The molecular formula is C21H22N4O2. The van der Waals surface area contributed by atoms with Gasteiger partial charge in [-0.2, -0.15) is 5.10 Å². The highest BCUT2D eigenvalue weighted by molar-refractivity contribution is 5.74. The van der Waals surface area contributed by atoms with Crippen molar-refractivity contribution in [2.75, 3.05) is 6.54 Å². The molecule has 3 N–H and O–H groups in total. The molecule has 3 aromatic rings. The van der Waals surface area contributed by atoms with Crippen molar-refractivity contribution in [3.8, 4) is 5.69 Å². The summed E-state index contributed by atoms with van der Waals surface area (Å²) in [4.78, 5) is 12.2. The number of nitrogens with one attached hydrogen (secondary N) is 2. The molecule has 4 rings (SSSR count). The van der Waals surface area contributed by atoms with Crippen molar-refractivity contribution in [3.05, 3.63) is 83.7 Å². The summed E-state index contributed by atoms with van der Waals surface area (Å²) in [5, 5.41) is 20.3. The average Bonchev–Trinajstić information content (AvgIpc) is 3.28. The fraction of sp³-hybridized carbons (Fsp3) is 0.238. The molecule has 6 heteroatoms. The summed E-state index contributed by atoms with van der Waals surface area (Å²) >= 11 is 0. The molecule has 0 spiro atoms. The molecule has 2 amide bonds. The van der Waals surface area contributed by atoms with Gasteiger partial charge in [0.05, 0.1) is 24.0 Å². The lowest BCUT2D eigenvalue weighted by Gasteiger charge is -2.18. The molecule has 138 valence electrons. The van der Waals surface area contributed by atoms with E-state index in [1.165, 1.54) is 0 Å². The van der Waals surface area contributed by atoms with Crippen molar-refractivity contribution in [3.63, 3.8) is 0 Å². The van der Waals surface area contributed by atoms with Gasteiger partial charge in [-0.1, -0.05) is 42.5 Å². The number of fused-ring (bicyclic) bond motifs is 1. The van der Waals surface area contributed by atoms with Gasteiger partial charge in [-0.3, -0.25) is 0 Å². The summed E-state index contributed by atoms with van der Waals surface area (Å²) in [6.45, 7) is 0.497. The predicted molar refractivity (Wildman–Crippen MR) is 103 cm³/mol. The zero-order valence-electron chi connectivity index (χ0n) is 14.9. The number of aliphatic hydroxyl groups is 1. The Labute approximate surface area is 157 Å². The van der Waals surface area contributed by atoms with Crippen LogP contribution < -0.4 is 10.6 Å². The normalized spacial score (nSPS) is 18.1. The van der Waals surface area contributed by atoms with Crippen molar-refractivity contribution >= 4 is 6.03 Å². The number of carbonyl (C=O) groups is 1. The summed E-state index contributed by atoms with van der Waals surface area (Å²) in [5.74, 6) is 0. The summed E-state index contributed by atoms with van der Waals surface area (Å²) in [5.41, 5.74) is 4.13. The van der Waals surface area contributed by atoms with Gasteiger partial charge in [-0.05, 0) is 35.2 Å². The smallest absolute Gasteiger partial charge is 0.315 e. The van der Waals surface area contributed by atoms with E-state index in [4.69, 9.17) is 0 Å². The van der Waals surface area contributed by atoms with Gasteiger partial charge in [0, 0.05) is 19.2 Å². The van der Waals surface area contributed by atoms with Crippen LogP contribution in [0.2, 0.25) is 0 Å². The van der Waals surface area contributed by atoms with Crippen molar-refractivity contribution < 1.29 is 9.90 Å². The molecule has 1 aromatic heterocycles. The lowest BCUT2D eigenvalue weighted by molar-refractivity contribution is 0.142. The third-order valence-corrected chi connectivity index (χ3v) is 4.85. The van der Waals surface area contributed by atoms with Crippen LogP contribution in [0.4, 0.5) is 4.79 Å². The van der Waals surface area contributed by atoms with Gasteiger partial charge < -0.3 is 15.7 Å². The Kier molecular flexibility index (Phi) is 4.89. The third-order valence-electron chi connectivity index (χ3n) is 4.85.